The molecule has 0 amide bonds. The molecule has 4 rings (SSSR count). The van der Waals surface area contributed by atoms with E-state index in [9.17, 15) is 8.42 Å². The monoisotopic (exact) mass is 513 g/mol. The van der Waals surface area contributed by atoms with E-state index in [0.717, 1.165) is 53.9 Å². The summed E-state index contributed by atoms with van der Waals surface area (Å²) in [5, 5.41) is 3.51. The molecule has 4 N–H and O–H groups in total. The van der Waals surface area contributed by atoms with Crippen LogP contribution in [-0.2, 0) is 22.0 Å². The summed E-state index contributed by atoms with van der Waals surface area (Å²) in [5.74, 6) is 0. The molecule has 0 bridgehead atoms. The van der Waals surface area contributed by atoms with E-state index in [1.165, 1.54) is 0 Å². The summed E-state index contributed by atoms with van der Waals surface area (Å²) in [5.41, 5.74) is 10.5. The van der Waals surface area contributed by atoms with Crippen molar-refractivity contribution in [1.29, 1.82) is 0 Å². The molecule has 0 unspecified atom stereocenters. The number of hydrogen-bond donors (Lipinski definition) is 3. The smallest absolute Gasteiger partial charge is 0.240 e. The zero-order chi connectivity index (χ0) is 26.1. The molecule has 0 radical (unpaired) electrons. The standard InChI is InChI=1S/C31H35N3O2S/c1-25-16-18-30(19-17-25)37(35,36)34-24-31(27-11-4-2-5-12-27,28-13-6-3-7-14-28)20-9-21-33-23-26-10-8-15-29(32)22-26/h2-8,10-19,22,33-34H,9,20-21,23-24,32H2,1H3. The second-order valence-electron chi connectivity index (χ2n) is 9.48. The molecule has 0 saturated heterocycles. The van der Waals surface area contributed by atoms with Gasteiger partial charge in [0.05, 0.1) is 4.90 Å². The van der Waals surface area contributed by atoms with E-state index < -0.39 is 15.4 Å². The van der Waals surface area contributed by atoms with Gasteiger partial charge in [-0.25, -0.2) is 13.1 Å². The van der Waals surface area contributed by atoms with E-state index in [0.29, 0.717) is 0 Å². The molecule has 0 aliphatic rings. The van der Waals surface area contributed by atoms with Crippen molar-refractivity contribution in [3.63, 3.8) is 0 Å². The molecule has 37 heavy (non-hydrogen) atoms. The Bertz CT molecular complexity index is 1330. The van der Waals surface area contributed by atoms with Crippen molar-refractivity contribution in [1.82, 2.24) is 10.0 Å². The molecule has 192 valence electrons. The van der Waals surface area contributed by atoms with Crippen LogP contribution in [0, 0.1) is 6.92 Å². The van der Waals surface area contributed by atoms with Gasteiger partial charge in [-0.2, -0.15) is 0 Å². The Kier molecular flexibility index (Phi) is 8.77. The lowest BCUT2D eigenvalue weighted by atomic mass is 9.71. The number of aryl methyl sites for hydroxylation is 1. The van der Waals surface area contributed by atoms with Crippen LogP contribution < -0.4 is 15.8 Å². The Morgan fingerprint density at radius 2 is 1.41 bits per heavy atom. The van der Waals surface area contributed by atoms with Gasteiger partial charge in [0.2, 0.25) is 10.0 Å². The van der Waals surface area contributed by atoms with Gasteiger partial charge in [0, 0.05) is 24.2 Å². The number of nitrogens with one attached hydrogen (secondary N) is 2. The lowest BCUT2D eigenvalue weighted by molar-refractivity contribution is 0.437. The summed E-state index contributed by atoms with van der Waals surface area (Å²) < 4.78 is 29.5. The highest BCUT2D eigenvalue weighted by Crippen LogP contribution is 2.37. The van der Waals surface area contributed by atoms with Crippen molar-refractivity contribution in [2.45, 2.75) is 36.6 Å². The van der Waals surface area contributed by atoms with Gasteiger partial charge in [0.15, 0.2) is 0 Å². The third-order valence-electron chi connectivity index (χ3n) is 6.79. The molecule has 0 fully saturated rings. The minimum atomic E-state index is -3.68. The Balaban J connectivity index is 1.57. The van der Waals surface area contributed by atoms with Gasteiger partial charge in [0.25, 0.3) is 0 Å². The van der Waals surface area contributed by atoms with Gasteiger partial charge in [-0.1, -0.05) is 90.5 Å². The minimum Gasteiger partial charge on any atom is -0.399 e. The van der Waals surface area contributed by atoms with Crippen LogP contribution in [0.2, 0.25) is 0 Å². The highest BCUT2D eigenvalue weighted by Gasteiger charge is 2.35. The SMILES string of the molecule is Cc1ccc(S(=O)(=O)NCC(CCCNCc2cccc(N)c2)(c2ccccc2)c2ccccc2)cc1. The van der Waals surface area contributed by atoms with Crippen molar-refractivity contribution >= 4 is 15.7 Å². The first-order valence-electron chi connectivity index (χ1n) is 12.6. The average Bonchev–Trinajstić information content (AvgIpc) is 2.92. The summed E-state index contributed by atoms with van der Waals surface area (Å²) in [6, 6.07) is 35.2. The number of nitrogen functional groups attached to an aromatic ring is 1. The summed E-state index contributed by atoms with van der Waals surface area (Å²) >= 11 is 0. The third kappa shape index (κ3) is 6.86. The van der Waals surface area contributed by atoms with Gasteiger partial charge >= 0.3 is 0 Å². The normalized spacial score (nSPS) is 11.9. The minimum absolute atomic E-state index is 0.256. The summed E-state index contributed by atoms with van der Waals surface area (Å²) in [4.78, 5) is 0.275. The molecular formula is C31H35N3O2S. The van der Waals surface area contributed by atoms with Crippen LogP contribution in [0.15, 0.2) is 114 Å². The molecule has 0 aromatic heterocycles. The molecule has 4 aromatic rings. The van der Waals surface area contributed by atoms with Gasteiger partial charge in [-0.3, -0.25) is 0 Å². The van der Waals surface area contributed by atoms with Crippen molar-refractivity contribution in [2.75, 3.05) is 18.8 Å². The van der Waals surface area contributed by atoms with Crippen LogP contribution in [0.4, 0.5) is 5.69 Å². The zero-order valence-corrected chi connectivity index (χ0v) is 22.0. The Morgan fingerprint density at radius 1 is 0.784 bits per heavy atom. The fourth-order valence-corrected chi connectivity index (χ4v) is 5.83. The molecule has 6 heteroatoms. The zero-order valence-electron chi connectivity index (χ0n) is 21.2. The second kappa shape index (κ2) is 12.2. The van der Waals surface area contributed by atoms with E-state index in [-0.39, 0.29) is 11.4 Å². The predicted octanol–water partition coefficient (Wildman–Crippen LogP) is 5.41. The van der Waals surface area contributed by atoms with Crippen molar-refractivity contribution < 1.29 is 8.42 Å². The molecule has 0 saturated carbocycles. The van der Waals surface area contributed by atoms with Crippen LogP contribution in [-0.4, -0.2) is 21.5 Å². The lowest BCUT2D eigenvalue weighted by Gasteiger charge is -2.36. The first kappa shape index (κ1) is 26.6. The van der Waals surface area contributed by atoms with Gasteiger partial charge < -0.3 is 11.1 Å². The number of hydrogen-bond acceptors (Lipinski definition) is 4. The number of sulfonamides is 1. The summed E-state index contributed by atoms with van der Waals surface area (Å²) in [6.45, 7) is 3.72. The topological polar surface area (TPSA) is 84.2 Å². The first-order chi connectivity index (χ1) is 17.9. The molecular weight excluding hydrogens is 478 g/mol. The van der Waals surface area contributed by atoms with Gasteiger partial charge in [-0.15, -0.1) is 0 Å². The number of benzene rings is 4. The summed E-state index contributed by atoms with van der Waals surface area (Å²) in [6.07, 6.45) is 1.62. The van der Waals surface area contributed by atoms with E-state index in [4.69, 9.17) is 5.73 Å². The fourth-order valence-electron chi connectivity index (χ4n) is 4.73. The van der Waals surface area contributed by atoms with Crippen molar-refractivity contribution in [3.05, 3.63) is 131 Å². The molecule has 0 aliphatic carbocycles. The van der Waals surface area contributed by atoms with Crippen LogP contribution in [0.3, 0.4) is 0 Å². The number of nitrogens with two attached hydrogens (primary N) is 1. The first-order valence-corrected chi connectivity index (χ1v) is 14.1. The van der Waals surface area contributed by atoms with Crippen LogP contribution in [0.1, 0.15) is 35.1 Å². The fraction of sp³-hybridized carbons (Fsp3) is 0.226. The maximum atomic E-state index is 13.3. The average molecular weight is 514 g/mol. The molecule has 0 heterocycles. The molecule has 0 aliphatic heterocycles. The molecule has 0 atom stereocenters. The Hall–Kier alpha value is -3.45. The highest BCUT2D eigenvalue weighted by atomic mass is 32.2. The van der Waals surface area contributed by atoms with Gasteiger partial charge in [-0.05, 0) is 67.3 Å². The number of anilines is 1. The van der Waals surface area contributed by atoms with Crippen molar-refractivity contribution in [3.8, 4) is 0 Å². The van der Waals surface area contributed by atoms with Gasteiger partial charge in [0.1, 0.15) is 0 Å². The maximum absolute atomic E-state index is 13.3. The lowest BCUT2D eigenvalue weighted by Crippen LogP contribution is -2.42. The van der Waals surface area contributed by atoms with Crippen LogP contribution >= 0.6 is 0 Å². The summed E-state index contributed by atoms with van der Waals surface area (Å²) in [7, 11) is -3.68. The van der Waals surface area contributed by atoms with E-state index in [1.54, 1.807) is 12.1 Å². The van der Waals surface area contributed by atoms with Crippen molar-refractivity contribution in [2.24, 2.45) is 0 Å². The van der Waals surface area contributed by atoms with Crippen LogP contribution in [0.25, 0.3) is 0 Å². The van der Waals surface area contributed by atoms with E-state index >= 15 is 0 Å². The highest BCUT2D eigenvalue weighted by molar-refractivity contribution is 7.89. The Morgan fingerprint density at radius 3 is 2.00 bits per heavy atom. The number of rotatable bonds is 12. The molecule has 5 nitrogen and oxygen atoms in total. The quantitative estimate of drug-likeness (QED) is 0.175. The van der Waals surface area contributed by atoms with Crippen LogP contribution in [0.5, 0.6) is 0 Å². The maximum Gasteiger partial charge on any atom is 0.240 e. The second-order valence-corrected chi connectivity index (χ2v) is 11.2. The largest absolute Gasteiger partial charge is 0.399 e. The molecule has 4 aromatic carbocycles. The molecule has 0 spiro atoms. The van der Waals surface area contributed by atoms with E-state index in [1.807, 2.05) is 73.7 Å². The third-order valence-corrected chi connectivity index (χ3v) is 8.20. The predicted molar refractivity (Wildman–Crippen MR) is 152 cm³/mol. The Labute approximate surface area is 220 Å². The van der Waals surface area contributed by atoms with E-state index in [2.05, 4.69) is 40.4 Å².